The van der Waals surface area contributed by atoms with Crippen LogP contribution in [0.4, 0.5) is 0 Å². The summed E-state index contributed by atoms with van der Waals surface area (Å²) in [6.45, 7) is 1.41. The number of nitrogens with zero attached hydrogens (tertiary/aromatic N) is 1. The summed E-state index contributed by atoms with van der Waals surface area (Å²) >= 11 is 5.77. The number of hydrogen-bond acceptors (Lipinski definition) is 3. The molecular formula is C11H14ClNO3. The normalized spacial score (nSPS) is 17.8. The van der Waals surface area contributed by atoms with Gasteiger partial charge in [0.15, 0.2) is 0 Å². The molecule has 88 valence electrons. The van der Waals surface area contributed by atoms with E-state index in [0.717, 1.165) is 12.8 Å². The van der Waals surface area contributed by atoms with Crippen molar-refractivity contribution in [1.82, 2.24) is 4.90 Å². The van der Waals surface area contributed by atoms with Crippen LogP contribution in [0, 0.1) is 0 Å². The molecule has 2 heterocycles. The molecular weight excluding hydrogens is 230 g/mol. The van der Waals surface area contributed by atoms with Crippen LogP contribution >= 0.6 is 11.6 Å². The molecule has 1 aromatic heterocycles. The van der Waals surface area contributed by atoms with E-state index in [4.69, 9.17) is 20.8 Å². The quantitative estimate of drug-likeness (QED) is 0.800. The summed E-state index contributed by atoms with van der Waals surface area (Å²) < 4.78 is 10.2. The summed E-state index contributed by atoms with van der Waals surface area (Å²) in [6.07, 6.45) is 3.44. The highest BCUT2D eigenvalue weighted by molar-refractivity contribution is 6.32. The number of amides is 1. The summed E-state index contributed by atoms with van der Waals surface area (Å²) in [5.41, 5.74) is 0.442. The van der Waals surface area contributed by atoms with Crippen molar-refractivity contribution in [3.05, 3.63) is 23.1 Å². The second-order valence-electron chi connectivity index (χ2n) is 3.84. The van der Waals surface area contributed by atoms with E-state index in [1.807, 2.05) is 0 Å². The molecule has 16 heavy (non-hydrogen) atoms. The Morgan fingerprint density at radius 3 is 2.75 bits per heavy atom. The fourth-order valence-corrected chi connectivity index (χ4v) is 2.11. The number of hydrogen-bond donors (Lipinski definition) is 0. The predicted octanol–water partition coefficient (Wildman–Crippen LogP) is 2.18. The van der Waals surface area contributed by atoms with Crippen molar-refractivity contribution in [3.8, 4) is 0 Å². The SMILES string of the molecule is COC1CCN(C(=O)c2ccoc2Cl)CC1. The van der Waals surface area contributed by atoms with Crippen LogP contribution in [-0.4, -0.2) is 37.1 Å². The lowest BCUT2D eigenvalue weighted by atomic mass is 10.1. The first-order valence-corrected chi connectivity index (χ1v) is 5.65. The minimum Gasteiger partial charge on any atom is -0.452 e. The van der Waals surface area contributed by atoms with Gasteiger partial charge in [0.25, 0.3) is 5.91 Å². The fraction of sp³-hybridized carbons (Fsp3) is 0.545. The summed E-state index contributed by atoms with van der Waals surface area (Å²) in [5, 5.41) is 0.166. The van der Waals surface area contributed by atoms with Gasteiger partial charge in [0.05, 0.1) is 17.9 Å². The molecule has 0 atom stereocenters. The smallest absolute Gasteiger partial charge is 0.258 e. The lowest BCUT2D eigenvalue weighted by Crippen LogP contribution is -2.40. The number of ether oxygens (including phenoxy) is 1. The zero-order chi connectivity index (χ0) is 11.5. The average Bonchev–Trinajstić information content (AvgIpc) is 2.75. The van der Waals surface area contributed by atoms with E-state index in [-0.39, 0.29) is 17.2 Å². The lowest BCUT2D eigenvalue weighted by Gasteiger charge is -2.30. The fourth-order valence-electron chi connectivity index (χ4n) is 1.91. The molecule has 0 N–H and O–H groups in total. The van der Waals surface area contributed by atoms with Crippen LogP contribution in [0.3, 0.4) is 0 Å². The molecule has 1 fully saturated rings. The second-order valence-corrected chi connectivity index (χ2v) is 4.18. The first-order chi connectivity index (χ1) is 7.72. The van der Waals surface area contributed by atoms with Gasteiger partial charge in [-0.05, 0) is 30.5 Å². The highest BCUT2D eigenvalue weighted by Crippen LogP contribution is 2.21. The van der Waals surface area contributed by atoms with Gasteiger partial charge in [-0.15, -0.1) is 0 Å². The van der Waals surface area contributed by atoms with Gasteiger partial charge in [0.2, 0.25) is 5.22 Å². The van der Waals surface area contributed by atoms with Gasteiger partial charge in [-0.2, -0.15) is 0 Å². The number of carbonyl (C=O) groups excluding carboxylic acids is 1. The minimum absolute atomic E-state index is 0.0618. The van der Waals surface area contributed by atoms with E-state index < -0.39 is 0 Å². The maximum atomic E-state index is 12.0. The van der Waals surface area contributed by atoms with Crippen LogP contribution in [-0.2, 0) is 4.74 Å². The molecule has 2 rings (SSSR count). The zero-order valence-electron chi connectivity index (χ0n) is 9.11. The summed E-state index contributed by atoms with van der Waals surface area (Å²) in [5.74, 6) is -0.0618. The monoisotopic (exact) mass is 243 g/mol. The Labute approximate surface area is 99.1 Å². The number of methoxy groups -OCH3 is 1. The molecule has 5 heteroatoms. The summed E-state index contributed by atoms with van der Waals surface area (Å²) in [6, 6.07) is 1.60. The number of halogens is 1. The van der Waals surface area contributed by atoms with Gasteiger partial charge in [-0.1, -0.05) is 0 Å². The summed E-state index contributed by atoms with van der Waals surface area (Å²) in [7, 11) is 1.70. The van der Waals surface area contributed by atoms with Crippen LogP contribution < -0.4 is 0 Å². The molecule has 1 aliphatic rings. The van der Waals surface area contributed by atoms with Gasteiger partial charge in [0.1, 0.15) is 0 Å². The van der Waals surface area contributed by atoms with Crippen molar-refractivity contribution in [1.29, 1.82) is 0 Å². The van der Waals surface area contributed by atoms with Crippen molar-refractivity contribution < 1.29 is 13.9 Å². The number of rotatable bonds is 2. The second kappa shape index (κ2) is 4.89. The third-order valence-electron chi connectivity index (χ3n) is 2.91. The Morgan fingerprint density at radius 1 is 1.56 bits per heavy atom. The van der Waals surface area contributed by atoms with E-state index in [2.05, 4.69) is 0 Å². The van der Waals surface area contributed by atoms with Crippen LogP contribution in [0.2, 0.25) is 5.22 Å². The molecule has 1 aliphatic heterocycles. The zero-order valence-corrected chi connectivity index (χ0v) is 9.87. The topological polar surface area (TPSA) is 42.7 Å². The predicted molar refractivity (Wildman–Crippen MR) is 59.7 cm³/mol. The molecule has 0 aromatic carbocycles. The van der Waals surface area contributed by atoms with Gasteiger partial charge in [0, 0.05) is 20.2 Å². The van der Waals surface area contributed by atoms with Crippen LogP contribution in [0.5, 0.6) is 0 Å². The molecule has 4 nitrogen and oxygen atoms in total. The molecule has 0 aliphatic carbocycles. The molecule has 0 spiro atoms. The number of likely N-dealkylation sites (tertiary alicyclic amines) is 1. The standard InChI is InChI=1S/C11H14ClNO3/c1-15-8-2-5-13(6-3-8)11(14)9-4-7-16-10(9)12/h4,7-8H,2-3,5-6H2,1H3. The number of furan rings is 1. The molecule has 0 radical (unpaired) electrons. The third kappa shape index (κ3) is 2.23. The number of carbonyl (C=O) groups is 1. The molecule has 1 saturated heterocycles. The van der Waals surface area contributed by atoms with Gasteiger partial charge >= 0.3 is 0 Å². The Hall–Kier alpha value is -1.00. The van der Waals surface area contributed by atoms with E-state index >= 15 is 0 Å². The van der Waals surface area contributed by atoms with Crippen LogP contribution in [0.25, 0.3) is 0 Å². The van der Waals surface area contributed by atoms with Crippen molar-refractivity contribution in [2.24, 2.45) is 0 Å². The average molecular weight is 244 g/mol. The lowest BCUT2D eigenvalue weighted by molar-refractivity contribution is 0.0350. The van der Waals surface area contributed by atoms with E-state index in [0.29, 0.717) is 18.7 Å². The maximum absolute atomic E-state index is 12.0. The molecule has 0 unspecified atom stereocenters. The molecule has 0 saturated carbocycles. The van der Waals surface area contributed by atoms with Crippen molar-refractivity contribution in [2.45, 2.75) is 18.9 Å². The number of piperidine rings is 1. The van der Waals surface area contributed by atoms with E-state index in [1.165, 1.54) is 6.26 Å². The molecule has 1 amide bonds. The van der Waals surface area contributed by atoms with Gasteiger partial charge in [-0.25, -0.2) is 0 Å². The Balaban J connectivity index is 2.00. The molecule has 0 bridgehead atoms. The third-order valence-corrected chi connectivity index (χ3v) is 3.20. The largest absolute Gasteiger partial charge is 0.452 e. The van der Waals surface area contributed by atoms with Crippen LogP contribution in [0.1, 0.15) is 23.2 Å². The van der Waals surface area contributed by atoms with Gasteiger partial charge < -0.3 is 14.1 Å². The first-order valence-electron chi connectivity index (χ1n) is 5.27. The van der Waals surface area contributed by atoms with Crippen molar-refractivity contribution in [2.75, 3.05) is 20.2 Å². The van der Waals surface area contributed by atoms with E-state index in [1.54, 1.807) is 18.1 Å². The Morgan fingerprint density at radius 2 is 2.25 bits per heavy atom. The summed E-state index contributed by atoms with van der Waals surface area (Å²) in [4.78, 5) is 13.8. The first kappa shape index (κ1) is 11.5. The molecule has 1 aromatic rings. The minimum atomic E-state index is -0.0618. The van der Waals surface area contributed by atoms with E-state index in [9.17, 15) is 4.79 Å². The Kier molecular flexibility index (Phi) is 3.51. The van der Waals surface area contributed by atoms with Crippen LogP contribution in [0.15, 0.2) is 16.7 Å². The maximum Gasteiger partial charge on any atom is 0.258 e. The Bertz CT molecular complexity index is 369. The van der Waals surface area contributed by atoms with Crippen molar-refractivity contribution >= 4 is 17.5 Å². The van der Waals surface area contributed by atoms with Gasteiger partial charge in [-0.3, -0.25) is 4.79 Å². The highest BCUT2D eigenvalue weighted by Gasteiger charge is 2.25. The highest BCUT2D eigenvalue weighted by atomic mass is 35.5. The van der Waals surface area contributed by atoms with Crippen molar-refractivity contribution in [3.63, 3.8) is 0 Å².